The molecule has 2 N–H and O–H groups in total. The molecule has 3 amide bonds. The number of rotatable bonds is 7. The fourth-order valence-electron chi connectivity index (χ4n) is 4.46. The maximum Gasteiger partial charge on any atom is 0.410 e. The number of likely N-dealkylation sites (tertiary alicyclic amines) is 1. The number of ether oxygens (including phenoxy) is 1. The first-order chi connectivity index (χ1) is 15.3. The van der Waals surface area contributed by atoms with Crippen LogP contribution >= 0.6 is 0 Å². The Morgan fingerprint density at radius 3 is 2.47 bits per heavy atom. The predicted molar refractivity (Wildman–Crippen MR) is 120 cm³/mol. The molecule has 1 aromatic carbocycles. The molecule has 2 saturated heterocycles. The largest absolute Gasteiger partial charge is 0.445 e. The molecular weight excluding hydrogens is 410 g/mol. The normalized spacial score (nSPS) is 21.6. The molecule has 1 aromatic rings. The number of piperazine rings is 1. The van der Waals surface area contributed by atoms with Gasteiger partial charge in [-0.25, -0.2) is 4.79 Å². The van der Waals surface area contributed by atoms with Crippen LogP contribution in [0.5, 0.6) is 0 Å². The quantitative estimate of drug-likeness (QED) is 0.671. The molecule has 2 aliphatic rings. The van der Waals surface area contributed by atoms with E-state index in [9.17, 15) is 19.5 Å². The van der Waals surface area contributed by atoms with Gasteiger partial charge in [-0.15, -0.1) is 0 Å². The molecule has 8 heteroatoms. The average Bonchev–Trinajstić information content (AvgIpc) is 2.80. The maximum absolute atomic E-state index is 13.3. The summed E-state index contributed by atoms with van der Waals surface area (Å²) in [7, 11) is 0. The van der Waals surface area contributed by atoms with E-state index in [0.717, 1.165) is 18.4 Å². The van der Waals surface area contributed by atoms with E-state index in [4.69, 9.17) is 4.74 Å². The van der Waals surface area contributed by atoms with E-state index in [1.54, 1.807) is 9.80 Å². The number of aliphatic hydroxyl groups excluding tert-OH is 1. The first-order valence-electron chi connectivity index (χ1n) is 11.6. The highest BCUT2D eigenvalue weighted by Crippen LogP contribution is 2.34. The van der Waals surface area contributed by atoms with Gasteiger partial charge in [0.1, 0.15) is 18.2 Å². The third kappa shape index (κ3) is 4.90. The van der Waals surface area contributed by atoms with E-state index in [2.05, 4.69) is 5.32 Å². The molecule has 2 aliphatic heterocycles. The lowest BCUT2D eigenvalue weighted by atomic mass is 9.80. The van der Waals surface area contributed by atoms with Crippen LogP contribution in [0.4, 0.5) is 4.79 Å². The van der Waals surface area contributed by atoms with Crippen molar-refractivity contribution in [2.45, 2.75) is 70.7 Å². The number of aliphatic hydroxyl groups is 1. The SMILES string of the molecule is CCCCN1C(=O)C(C(O)C(C)C)NC(=O)C12CCN(C(=O)OCc1ccccc1)CC2. The minimum Gasteiger partial charge on any atom is -0.445 e. The first kappa shape index (κ1) is 24.0. The Balaban J connectivity index is 1.69. The van der Waals surface area contributed by atoms with Gasteiger partial charge in [-0.1, -0.05) is 57.5 Å². The fourth-order valence-corrected chi connectivity index (χ4v) is 4.46. The van der Waals surface area contributed by atoms with E-state index in [-0.39, 0.29) is 24.3 Å². The van der Waals surface area contributed by atoms with Gasteiger partial charge < -0.3 is 25.0 Å². The zero-order chi connectivity index (χ0) is 23.3. The van der Waals surface area contributed by atoms with Crippen molar-refractivity contribution in [1.29, 1.82) is 0 Å². The second kappa shape index (κ2) is 10.3. The number of piperidine rings is 1. The van der Waals surface area contributed by atoms with Crippen molar-refractivity contribution in [2.75, 3.05) is 19.6 Å². The van der Waals surface area contributed by atoms with Crippen LogP contribution in [0.15, 0.2) is 30.3 Å². The van der Waals surface area contributed by atoms with Gasteiger partial charge >= 0.3 is 6.09 Å². The molecule has 32 heavy (non-hydrogen) atoms. The second-order valence-corrected chi connectivity index (χ2v) is 9.09. The number of nitrogens with zero attached hydrogens (tertiary/aromatic N) is 2. The van der Waals surface area contributed by atoms with Crippen molar-refractivity contribution in [1.82, 2.24) is 15.1 Å². The van der Waals surface area contributed by atoms with Crippen molar-refractivity contribution in [2.24, 2.45) is 5.92 Å². The minimum atomic E-state index is -0.990. The summed E-state index contributed by atoms with van der Waals surface area (Å²) in [6, 6.07) is 8.54. The number of hydrogen-bond donors (Lipinski definition) is 2. The first-order valence-corrected chi connectivity index (χ1v) is 11.6. The number of benzene rings is 1. The predicted octanol–water partition coefficient (Wildman–Crippen LogP) is 2.30. The van der Waals surface area contributed by atoms with Gasteiger partial charge in [0.2, 0.25) is 11.8 Å². The molecule has 2 atom stereocenters. The fraction of sp³-hybridized carbons (Fsp3) is 0.625. The molecule has 0 saturated carbocycles. The van der Waals surface area contributed by atoms with Gasteiger partial charge in [0, 0.05) is 19.6 Å². The number of hydrogen-bond acceptors (Lipinski definition) is 5. The van der Waals surface area contributed by atoms with Crippen LogP contribution in [0, 0.1) is 5.92 Å². The lowest BCUT2D eigenvalue weighted by Crippen LogP contribution is -2.75. The summed E-state index contributed by atoms with van der Waals surface area (Å²) in [5.74, 6) is -0.637. The van der Waals surface area contributed by atoms with Crippen molar-refractivity contribution in [3.8, 4) is 0 Å². The molecule has 176 valence electrons. The van der Waals surface area contributed by atoms with E-state index in [0.29, 0.717) is 32.5 Å². The monoisotopic (exact) mass is 445 g/mol. The molecule has 0 radical (unpaired) electrons. The molecule has 2 unspecified atom stereocenters. The van der Waals surface area contributed by atoms with Gasteiger partial charge in [-0.2, -0.15) is 0 Å². The molecule has 0 bridgehead atoms. The molecule has 2 heterocycles. The number of carbonyl (C=O) groups is 3. The van der Waals surface area contributed by atoms with E-state index >= 15 is 0 Å². The summed E-state index contributed by atoms with van der Waals surface area (Å²) >= 11 is 0. The van der Waals surface area contributed by atoms with Gasteiger partial charge in [-0.3, -0.25) is 9.59 Å². The Kier molecular flexibility index (Phi) is 7.77. The highest BCUT2D eigenvalue weighted by Gasteiger charge is 2.55. The Morgan fingerprint density at radius 2 is 1.88 bits per heavy atom. The van der Waals surface area contributed by atoms with Crippen molar-refractivity contribution in [3.05, 3.63) is 35.9 Å². The maximum atomic E-state index is 13.3. The average molecular weight is 446 g/mol. The standard InChI is InChI=1S/C24H35N3O5/c1-4-5-13-27-21(29)19(20(28)17(2)3)25-22(30)24(27)11-14-26(15-12-24)23(31)32-16-18-9-7-6-8-10-18/h6-10,17,19-20,28H,4-5,11-16H2,1-3H3,(H,25,30). The summed E-state index contributed by atoms with van der Waals surface area (Å²) in [5.41, 5.74) is -0.0811. The lowest BCUT2D eigenvalue weighted by Gasteiger charge is -2.52. The topological polar surface area (TPSA) is 99.2 Å². The van der Waals surface area contributed by atoms with Crippen LogP contribution in [0.2, 0.25) is 0 Å². The molecule has 2 fully saturated rings. The van der Waals surface area contributed by atoms with E-state index in [1.807, 2.05) is 51.1 Å². The van der Waals surface area contributed by atoms with Crippen LogP contribution in [-0.2, 0) is 20.9 Å². The van der Waals surface area contributed by atoms with Crippen molar-refractivity contribution >= 4 is 17.9 Å². The number of nitrogens with one attached hydrogen (secondary N) is 1. The van der Waals surface area contributed by atoms with Gasteiger partial charge in [0.15, 0.2) is 0 Å². The van der Waals surface area contributed by atoms with Gasteiger partial charge in [0.25, 0.3) is 0 Å². The van der Waals surface area contributed by atoms with Crippen LogP contribution < -0.4 is 5.32 Å². The van der Waals surface area contributed by atoms with Gasteiger partial charge in [0.05, 0.1) is 6.10 Å². The van der Waals surface area contributed by atoms with Crippen molar-refractivity contribution < 1.29 is 24.2 Å². The summed E-state index contributed by atoms with van der Waals surface area (Å²) in [5, 5.41) is 13.3. The molecule has 0 aliphatic carbocycles. The third-order valence-electron chi connectivity index (χ3n) is 6.57. The molecule has 1 spiro atoms. The van der Waals surface area contributed by atoms with Crippen molar-refractivity contribution in [3.63, 3.8) is 0 Å². The summed E-state index contributed by atoms with van der Waals surface area (Å²) in [4.78, 5) is 42.4. The summed E-state index contributed by atoms with van der Waals surface area (Å²) in [6.07, 6.45) is 0.990. The third-order valence-corrected chi connectivity index (χ3v) is 6.57. The van der Waals surface area contributed by atoms with Crippen LogP contribution in [0.3, 0.4) is 0 Å². The lowest BCUT2D eigenvalue weighted by molar-refractivity contribution is -0.165. The van der Waals surface area contributed by atoms with E-state index < -0.39 is 23.8 Å². The Hall–Kier alpha value is -2.61. The van der Waals surface area contributed by atoms with Crippen LogP contribution in [0.25, 0.3) is 0 Å². The number of carbonyl (C=O) groups excluding carboxylic acids is 3. The van der Waals surface area contributed by atoms with Gasteiger partial charge in [-0.05, 0) is 30.7 Å². The van der Waals surface area contributed by atoms with E-state index in [1.165, 1.54) is 0 Å². The number of amides is 3. The zero-order valence-corrected chi connectivity index (χ0v) is 19.3. The number of unbranched alkanes of at least 4 members (excludes halogenated alkanes) is 1. The minimum absolute atomic E-state index is 0.160. The Bertz CT molecular complexity index is 805. The van der Waals surface area contributed by atoms with Crippen LogP contribution in [-0.4, -0.2) is 70.1 Å². The zero-order valence-electron chi connectivity index (χ0n) is 19.3. The Morgan fingerprint density at radius 1 is 1.22 bits per heavy atom. The smallest absolute Gasteiger partial charge is 0.410 e. The summed E-state index contributed by atoms with van der Waals surface area (Å²) < 4.78 is 5.43. The molecule has 0 aromatic heterocycles. The molecule has 8 nitrogen and oxygen atoms in total. The second-order valence-electron chi connectivity index (χ2n) is 9.09. The van der Waals surface area contributed by atoms with Crippen LogP contribution in [0.1, 0.15) is 52.0 Å². The molecule has 3 rings (SSSR count). The summed E-state index contributed by atoms with van der Waals surface area (Å²) in [6.45, 7) is 6.99. The Labute approximate surface area is 189 Å². The highest BCUT2D eigenvalue weighted by atomic mass is 16.6. The molecular formula is C24H35N3O5. The highest BCUT2D eigenvalue weighted by molar-refractivity contribution is 6.00.